The summed E-state index contributed by atoms with van der Waals surface area (Å²) in [6, 6.07) is 1.61. The summed E-state index contributed by atoms with van der Waals surface area (Å²) in [6.07, 6.45) is 2.87. The topological polar surface area (TPSA) is 50.2 Å². The van der Waals surface area contributed by atoms with Crippen LogP contribution in [0.25, 0.3) is 0 Å². The third-order valence-electron chi connectivity index (χ3n) is 2.77. The maximum absolute atomic E-state index is 11.8. The van der Waals surface area contributed by atoms with E-state index in [9.17, 15) is 4.79 Å². The molecule has 1 rings (SSSR count). The molecule has 0 saturated carbocycles. The van der Waals surface area contributed by atoms with Crippen molar-refractivity contribution in [3.8, 4) is 0 Å². The summed E-state index contributed by atoms with van der Waals surface area (Å²) in [6.45, 7) is 6.79. The van der Waals surface area contributed by atoms with Gasteiger partial charge in [0.15, 0.2) is 0 Å². The predicted octanol–water partition coefficient (Wildman–Crippen LogP) is 0.945. The smallest absolute Gasteiger partial charge is 0.268 e. The maximum Gasteiger partial charge on any atom is 0.268 e. The molecule has 0 radical (unpaired) electrons. The van der Waals surface area contributed by atoms with Crippen molar-refractivity contribution in [2.75, 3.05) is 32.1 Å². The second-order valence-electron chi connectivity index (χ2n) is 5.10. The number of aromatic nitrogens is 2. The Bertz CT molecular complexity index is 412. The van der Waals surface area contributed by atoms with Crippen LogP contribution < -0.4 is 15.8 Å². The Balaban J connectivity index is 2.41. The number of hydrogen-bond donors (Lipinski definition) is 1. The molecule has 0 aliphatic carbocycles. The minimum Gasteiger partial charge on any atom is -0.376 e. The second kappa shape index (κ2) is 7.16. The molecule has 0 aliphatic rings. The number of anilines is 1. The molecule has 5 nitrogen and oxygen atoms in total. The molecular formula is C13H24N4O. The first-order valence-corrected chi connectivity index (χ1v) is 6.46. The van der Waals surface area contributed by atoms with Gasteiger partial charge in [-0.05, 0) is 18.9 Å². The van der Waals surface area contributed by atoms with Crippen LogP contribution in [0.2, 0.25) is 0 Å². The van der Waals surface area contributed by atoms with E-state index in [4.69, 9.17) is 0 Å². The predicted molar refractivity (Wildman–Crippen MR) is 75.1 cm³/mol. The molecule has 5 heteroatoms. The highest BCUT2D eigenvalue weighted by molar-refractivity contribution is 5.40. The molecule has 0 amide bonds. The van der Waals surface area contributed by atoms with E-state index in [0.29, 0.717) is 12.5 Å². The lowest BCUT2D eigenvalue weighted by molar-refractivity contribution is 0.495. The van der Waals surface area contributed by atoms with Gasteiger partial charge in [-0.25, -0.2) is 4.68 Å². The Morgan fingerprint density at radius 1 is 1.39 bits per heavy atom. The third-order valence-corrected chi connectivity index (χ3v) is 2.77. The highest BCUT2D eigenvalue weighted by Gasteiger charge is 2.01. The first-order valence-electron chi connectivity index (χ1n) is 6.46. The van der Waals surface area contributed by atoms with Crippen LogP contribution in [0.3, 0.4) is 0 Å². The zero-order valence-corrected chi connectivity index (χ0v) is 11.8. The van der Waals surface area contributed by atoms with Gasteiger partial charge in [0.25, 0.3) is 5.56 Å². The summed E-state index contributed by atoms with van der Waals surface area (Å²) >= 11 is 0. The summed E-state index contributed by atoms with van der Waals surface area (Å²) in [5, 5.41) is 7.47. The molecule has 0 saturated heterocycles. The average Bonchev–Trinajstić information content (AvgIpc) is 2.29. The molecule has 18 heavy (non-hydrogen) atoms. The molecule has 0 spiro atoms. The van der Waals surface area contributed by atoms with E-state index in [1.165, 1.54) is 4.68 Å². The third kappa shape index (κ3) is 4.87. The zero-order valence-electron chi connectivity index (χ0n) is 11.8. The van der Waals surface area contributed by atoms with Crippen molar-refractivity contribution in [3.05, 3.63) is 22.6 Å². The number of nitrogens with one attached hydrogen (secondary N) is 1. The van der Waals surface area contributed by atoms with Crippen LogP contribution in [-0.4, -0.2) is 37.0 Å². The molecule has 1 heterocycles. The molecule has 0 fully saturated rings. The largest absolute Gasteiger partial charge is 0.376 e. The van der Waals surface area contributed by atoms with Crippen LogP contribution in [0.4, 0.5) is 5.69 Å². The van der Waals surface area contributed by atoms with E-state index >= 15 is 0 Å². The summed E-state index contributed by atoms with van der Waals surface area (Å²) < 4.78 is 1.50. The monoisotopic (exact) mass is 252 g/mol. The number of rotatable bonds is 7. The number of hydrogen-bond acceptors (Lipinski definition) is 4. The minimum atomic E-state index is -0.0492. The standard InChI is InChI=1S/C13H24N4O/c1-11(2)5-6-14-7-8-17-13(18)9-12(10-15-17)16(3)4/h9-11,14H,5-8H2,1-4H3. The van der Waals surface area contributed by atoms with Crippen molar-refractivity contribution in [1.82, 2.24) is 15.1 Å². The molecule has 0 aliphatic heterocycles. The van der Waals surface area contributed by atoms with Gasteiger partial charge in [-0.3, -0.25) is 4.79 Å². The van der Waals surface area contributed by atoms with Crippen LogP contribution >= 0.6 is 0 Å². The molecule has 1 aromatic heterocycles. The lowest BCUT2D eigenvalue weighted by Gasteiger charge is -2.12. The lowest BCUT2D eigenvalue weighted by Crippen LogP contribution is -2.30. The molecule has 0 atom stereocenters. The summed E-state index contributed by atoms with van der Waals surface area (Å²) in [5.74, 6) is 0.706. The Hall–Kier alpha value is -1.36. The van der Waals surface area contributed by atoms with Crippen molar-refractivity contribution in [3.63, 3.8) is 0 Å². The van der Waals surface area contributed by atoms with Crippen LogP contribution in [0.15, 0.2) is 17.1 Å². The molecule has 1 N–H and O–H groups in total. The van der Waals surface area contributed by atoms with Crippen molar-refractivity contribution in [1.29, 1.82) is 0 Å². The summed E-state index contributed by atoms with van der Waals surface area (Å²) in [7, 11) is 3.79. The van der Waals surface area contributed by atoms with Crippen LogP contribution in [0, 0.1) is 5.92 Å². The van der Waals surface area contributed by atoms with Gasteiger partial charge in [0.05, 0.1) is 18.4 Å². The molecular weight excluding hydrogens is 228 g/mol. The van der Waals surface area contributed by atoms with E-state index in [-0.39, 0.29) is 5.56 Å². The first kappa shape index (κ1) is 14.7. The fourth-order valence-corrected chi connectivity index (χ4v) is 1.54. The van der Waals surface area contributed by atoms with E-state index in [2.05, 4.69) is 24.3 Å². The fraction of sp³-hybridized carbons (Fsp3) is 0.692. The van der Waals surface area contributed by atoms with Crippen molar-refractivity contribution in [2.45, 2.75) is 26.8 Å². The Kier molecular flexibility index (Phi) is 5.85. The van der Waals surface area contributed by atoms with Gasteiger partial charge in [-0.2, -0.15) is 5.10 Å². The van der Waals surface area contributed by atoms with Gasteiger partial charge in [0.2, 0.25) is 0 Å². The minimum absolute atomic E-state index is 0.0492. The Labute approximate surface area is 109 Å². The van der Waals surface area contributed by atoms with Crippen LogP contribution in [-0.2, 0) is 6.54 Å². The van der Waals surface area contributed by atoms with E-state index in [1.54, 1.807) is 12.3 Å². The maximum atomic E-state index is 11.8. The van der Waals surface area contributed by atoms with Gasteiger partial charge in [0.1, 0.15) is 0 Å². The van der Waals surface area contributed by atoms with E-state index in [1.807, 2.05) is 19.0 Å². The Morgan fingerprint density at radius 3 is 2.67 bits per heavy atom. The van der Waals surface area contributed by atoms with Gasteiger partial charge in [0, 0.05) is 26.7 Å². The molecule has 0 unspecified atom stereocenters. The summed E-state index contributed by atoms with van der Waals surface area (Å²) in [4.78, 5) is 13.6. The lowest BCUT2D eigenvalue weighted by atomic mass is 10.1. The fourth-order valence-electron chi connectivity index (χ4n) is 1.54. The quantitative estimate of drug-likeness (QED) is 0.734. The average molecular weight is 252 g/mol. The first-order chi connectivity index (χ1) is 8.50. The van der Waals surface area contributed by atoms with Crippen molar-refractivity contribution in [2.24, 2.45) is 5.92 Å². The molecule has 0 aromatic carbocycles. The molecule has 1 aromatic rings. The van der Waals surface area contributed by atoms with Crippen LogP contribution in [0.1, 0.15) is 20.3 Å². The van der Waals surface area contributed by atoms with Crippen LogP contribution in [0.5, 0.6) is 0 Å². The summed E-state index contributed by atoms with van der Waals surface area (Å²) in [5.41, 5.74) is 0.788. The van der Waals surface area contributed by atoms with Gasteiger partial charge < -0.3 is 10.2 Å². The van der Waals surface area contributed by atoms with E-state index < -0.39 is 0 Å². The normalized spacial score (nSPS) is 10.9. The highest BCUT2D eigenvalue weighted by Crippen LogP contribution is 2.03. The number of nitrogens with zero attached hydrogens (tertiary/aromatic N) is 3. The van der Waals surface area contributed by atoms with E-state index in [0.717, 1.165) is 25.2 Å². The SMILES string of the molecule is CC(C)CCNCCn1ncc(N(C)C)cc1=O. The van der Waals surface area contributed by atoms with Gasteiger partial charge >= 0.3 is 0 Å². The molecule has 102 valence electrons. The zero-order chi connectivity index (χ0) is 13.5. The Morgan fingerprint density at radius 2 is 2.11 bits per heavy atom. The van der Waals surface area contributed by atoms with Gasteiger partial charge in [-0.15, -0.1) is 0 Å². The molecule has 0 bridgehead atoms. The van der Waals surface area contributed by atoms with Gasteiger partial charge in [-0.1, -0.05) is 13.8 Å². The second-order valence-corrected chi connectivity index (χ2v) is 5.10. The van der Waals surface area contributed by atoms with Crippen molar-refractivity contribution >= 4 is 5.69 Å². The highest BCUT2D eigenvalue weighted by atomic mass is 16.1. The van der Waals surface area contributed by atoms with Crippen molar-refractivity contribution < 1.29 is 0 Å².